The van der Waals surface area contributed by atoms with Crippen LogP contribution in [0.3, 0.4) is 0 Å². The fourth-order valence-corrected chi connectivity index (χ4v) is 3.63. The van der Waals surface area contributed by atoms with Crippen molar-refractivity contribution in [3.63, 3.8) is 0 Å². The Morgan fingerprint density at radius 2 is 1.80 bits per heavy atom. The highest BCUT2D eigenvalue weighted by Crippen LogP contribution is 2.39. The van der Waals surface area contributed by atoms with Gasteiger partial charge in [0.25, 0.3) is 5.91 Å². The highest BCUT2D eigenvalue weighted by Gasteiger charge is 2.31. The minimum Gasteiger partial charge on any atom is -0.353 e. The number of nitrogens with zero attached hydrogens (tertiary/aromatic N) is 6. The second kappa shape index (κ2) is 6.96. The van der Waals surface area contributed by atoms with E-state index in [1.54, 1.807) is 21.5 Å². The number of hydrogen-bond acceptors (Lipinski definition) is 5. The largest absolute Gasteiger partial charge is 0.417 e. The van der Waals surface area contributed by atoms with Crippen LogP contribution in [-0.2, 0) is 6.18 Å². The third kappa shape index (κ3) is 3.57. The van der Waals surface area contributed by atoms with Gasteiger partial charge in [-0.25, -0.2) is 14.5 Å². The maximum atomic E-state index is 12.9. The molecule has 156 valence electrons. The summed E-state index contributed by atoms with van der Waals surface area (Å²) in [5.41, 5.74) is 1.32. The van der Waals surface area contributed by atoms with Gasteiger partial charge in [-0.15, -0.1) is 0 Å². The molecule has 0 spiro atoms. The number of amides is 1. The Bertz CT molecular complexity index is 1080. The normalized spacial score (nSPS) is 17.6. The summed E-state index contributed by atoms with van der Waals surface area (Å²) in [6.07, 6.45) is 0.617. The maximum Gasteiger partial charge on any atom is 0.417 e. The predicted molar refractivity (Wildman–Crippen MR) is 102 cm³/mol. The average molecular weight is 416 g/mol. The molecule has 10 heteroatoms. The molecule has 1 amide bonds. The SMILES string of the molecule is O=C(c1ccc2nc(C3CC3)cn2n1)N1CCN(c2ccc(C(F)(F)F)cn2)CC1. The van der Waals surface area contributed by atoms with Gasteiger partial charge in [0, 0.05) is 38.3 Å². The minimum atomic E-state index is -4.40. The number of fused-ring (bicyclic) bond motifs is 1. The van der Waals surface area contributed by atoms with E-state index in [-0.39, 0.29) is 5.91 Å². The summed E-state index contributed by atoms with van der Waals surface area (Å²) in [5.74, 6) is 0.817. The number of halogens is 3. The van der Waals surface area contributed by atoms with E-state index in [2.05, 4.69) is 15.1 Å². The Morgan fingerprint density at radius 3 is 2.43 bits per heavy atom. The molecule has 1 aliphatic heterocycles. The van der Waals surface area contributed by atoms with E-state index in [0.29, 0.717) is 43.6 Å². The molecule has 2 fully saturated rings. The highest BCUT2D eigenvalue weighted by molar-refractivity contribution is 5.92. The highest BCUT2D eigenvalue weighted by atomic mass is 19.4. The number of aromatic nitrogens is 4. The van der Waals surface area contributed by atoms with Crippen molar-refractivity contribution in [3.8, 4) is 0 Å². The zero-order valence-corrected chi connectivity index (χ0v) is 16.0. The lowest BCUT2D eigenvalue weighted by atomic mass is 10.2. The number of piperazine rings is 1. The molecule has 0 aromatic carbocycles. The first kappa shape index (κ1) is 18.8. The second-order valence-electron chi connectivity index (χ2n) is 7.64. The molecule has 1 saturated heterocycles. The van der Waals surface area contributed by atoms with Crippen LogP contribution in [0.25, 0.3) is 5.65 Å². The molecule has 7 nitrogen and oxygen atoms in total. The van der Waals surface area contributed by atoms with Gasteiger partial charge >= 0.3 is 6.18 Å². The van der Waals surface area contributed by atoms with Gasteiger partial charge in [0.05, 0.1) is 17.5 Å². The summed E-state index contributed by atoms with van der Waals surface area (Å²) in [7, 11) is 0. The van der Waals surface area contributed by atoms with E-state index in [1.165, 1.54) is 6.07 Å². The molecule has 3 aromatic rings. The number of imidazole rings is 1. The molecule has 0 radical (unpaired) electrons. The summed E-state index contributed by atoms with van der Waals surface area (Å²) < 4.78 is 39.7. The van der Waals surface area contributed by atoms with Crippen LogP contribution in [0.2, 0.25) is 0 Å². The van der Waals surface area contributed by atoms with Crippen LogP contribution in [-0.4, -0.2) is 56.6 Å². The third-order valence-corrected chi connectivity index (χ3v) is 5.52. The molecule has 0 bridgehead atoms. The predicted octanol–water partition coefficient (Wildman–Crippen LogP) is 2.98. The van der Waals surface area contributed by atoms with Crippen LogP contribution in [0.1, 0.15) is 40.5 Å². The van der Waals surface area contributed by atoms with E-state index in [1.807, 2.05) is 11.1 Å². The van der Waals surface area contributed by atoms with Gasteiger partial charge in [-0.3, -0.25) is 4.79 Å². The number of rotatable bonds is 3. The van der Waals surface area contributed by atoms with Crippen LogP contribution >= 0.6 is 0 Å². The standard InChI is InChI=1S/C20H19F3N6O/c21-20(22,23)14-3-5-17(24-11-14)27-7-9-28(10-8-27)19(30)15-4-6-18-25-16(13-1-2-13)12-29(18)26-15/h3-6,11-13H,1-2,7-10H2. The van der Waals surface area contributed by atoms with Gasteiger partial charge in [0.15, 0.2) is 5.65 Å². The van der Waals surface area contributed by atoms with E-state index in [4.69, 9.17) is 0 Å². The number of carbonyl (C=O) groups excluding carboxylic acids is 1. The number of alkyl halides is 3. The van der Waals surface area contributed by atoms with Gasteiger partial charge in [0.2, 0.25) is 0 Å². The van der Waals surface area contributed by atoms with Crippen molar-refractivity contribution in [2.24, 2.45) is 0 Å². The maximum absolute atomic E-state index is 12.9. The molecule has 1 aliphatic carbocycles. The number of carbonyl (C=O) groups is 1. The van der Waals surface area contributed by atoms with Crippen molar-refractivity contribution in [3.05, 3.63) is 53.6 Å². The van der Waals surface area contributed by atoms with Crippen molar-refractivity contribution < 1.29 is 18.0 Å². The van der Waals surface area contributed by atoms with E-state index in [9.17, 15) is 18.0 Å². The lowest BCUT2D eigenvalue weighted by Gasteiger charge is -2.35. The number of hydrogen-bond donors (Lipinski definition) is 0. The molecule has 3 aromatic heterocycles. The molecule has 0 N–H and O–H groups in total. The van der Waals surface area contributed by atoms with Crippen LogP contribution in [0.4, 0.5) is 19.0 Å². The van der Waals surface area contributed by atoms with Crippen molar-refractivity contribution in [2.75, 3.05) is 31.1 Å². The van der Waals surface area contributed by atoms with Crippen LogP contribution < -0.4 is 4.90 Å². The Balaban J connectivity index is 1.25. The lowest BCUT2D eigenvalue weighted by molar-refractivity contribution is -0.137. The van der Waals surface area contributed by atoms with Crippen molar-refractivity contribution in [2.45, 2.75) is 24.9 Å². The zero-order chi connectivity index (χ0) is 20.9. The quantitative estimate of drug-likeness (QED) is 0.657. The summed E-state index contributed by atoms with van der Waals surface area (Å²) >= 11 is 0. The lowest BCUT2D eigenvalue weighted by Crippen LogP contribution is -2.49. The van der Waals surface area contributed by atoms with Crippen LogP contribution in [0.5, 0.6) is 0 Å². The summed E-state index contributed by atoms with van der Waals surface area (Å²) in [6.45, 7) is 1.86. The first-order valence-corrected chi connectivity index (χ1v) is 9.82. The van der Waals surface area contributed by atoms with Crippen LogP contribution in [0.15, 0.2) is 36.7 Å². The van der Waals surface area contributed by atoms with Gasteiger partial charge < -0.3 is 9.80 Å². The average Bonchev–Trinajstić information content (AvgIpc) is 3.51. The number of anilines is 1. The molecule has 5 rings (SSSR count). The molecular weight excluding hydrogens is 397 g/mol. The first-order chi connectivity index (χ1) is 14.4. The third-order valence-electron chi connectivity index (χ3n) is 5.52. The van der Waals surface area contributed by atoms with Gasteiger partial charge in [0.1, 0.15) is 11.5 Å². The molecule has 30 heavy (non-hydrogen) atoms. The van der Waals surface area contributed by atoms with Crippen LogP contribution in [0, 0.1) is 0 Å². The summed E-state index contributed by atoms with van der Waals surface area (Å²) in [6, 6.07) is 5.88. The van der Waals surface area contributed by atoms with E-state index < -0.39 is 11.7 Å². The Labute approximate surface area is 170 Å². The monoisotopic (exact) mass is 416 g/mol. The van der Waals surface area contributed by atoms with Gasteiger partial charge in [-0.1, -0.05) is 0 Å². The van der Waals surface area contributed by atoms with Crippen molar-refractivity contribution in [1.82, 2.24) is 24.5 Å². The molecule has 4 heterocycles. The van der Waals surface area contributed by atoms with Gasteiger partial charge in [-0.05, 0) is 37.1 Å². The molecule has 1 saturated carbocycles. The zero-order valence-electron chi connectivity index (χ0n) is 16.0. The minimum absolute atomic E-state index is 0.168. The van der Waals surface area contributed by atoms with E-state index in [0.717, 1.165) is 36.4 Å². The second-order valence-corrected chi connectivity index (χ2v) is 7.64. The first-order valence-electron chi connectivity index (χ1n) is 9.82. The smallest absolute Gasteiger partial charge is 0.353 e. The Hall–Kier alpha value is -3.17. The summed E-state index contributed by atoms with van der Waals surface area (Å²) in [4.78, 5) is 24.9. The fraction of sp³-hybridized carbons (Fsp3) is 0.400. The Morgan fingerprint density at radius 1 is 1.03 bits per heavy atom. The molecular formula is C20H19F3N6O. The van der Waals surface area contributed by atoms with Crippen molar-refractivity contribution in [1.29, 1.82) is 0 Å². The Kier molecular flexibility index (Phi) is 4.37. The summed E-state index contributed by atoms with van der Waals surface area (Å²) in [5, 5.41) is 4.42. The number of pyridine rings is 1. The molecule has 0 unspecified atom stereocenters. The van der Waals surface area contributed by atoms with Gasteiger partial charge in [-0.2, -0.15) is 18.3 Å². The fourth-order valence-electron chi connectivity index (χ4n) is 3.63. The topological polar surface area (TPSA) is 66.6 Å². The molecule has 0 atom stereocenters. The molecule has 2 aliphatic rings. The van der Waals surface area contributed by atoms with Crippen molar-refractivity contribution >= 4 is 17.4 Å². The van der Waals surface area contributed by atoms with E-state index >= 15 is 0 Å².